The van der Waals surface area contributed by atoms with Crippen molar-refractivity contribution in [3.8, 4) is 5.75 Å². The monoisotopic (exact) mass is 350 g/mol. The fourth-order valence-electron chi connectivity index (χ4n) is 3.23. The van der Waals surface area contributed by atoms with Crippen LogP contribution in [0.25, 0.3) is 0 Å². The Kier molecular flexibility index (Phi) is 5.30. The maximum atomic E-state index is 13.1. The van der Waals surface area contributed by atoms with Crippen molar-refractivity contribution in [3.63, 3.8) is 0 Å². The molecule has 0 aromatic heterocycles. The number of alkyl halides is 3. The maximum Gasteiger partial charge on any atom is 0.416 e. The zero-order chi connectivity index (χ0) is 17.9. The van der Waals surface area contributed by atoms with E-state index in [0.717, 1.165) is 43.6 Å². The average Bonchev–Trinajstić information content (AvgIpc) is 2.63. The molecule has 1 fully saturated rings. The van der Waals surface area contributed by atoms with Crippen LogP contribution in [0.3, 0.4) is 0 Å². The van der Waals surface area contributed by atoms with E-state index < -0.39 is 11.7 Å². The van der Waals surface area contributed by atoms with Crippen molar-refractivity contribution in [1.29, 1.82) is 0 Å². The highest BCUT2D eigenvalue weighted by Crippen LogP contribution is 2.35. The third kappa shape index (κ3) is 4.14. The zero-order valence-electron chi connectivity index (χ0n) is 14.0. The van der Waals surface area contributed by atoms with Crippen molar-refractivity contribution < 1.29 is 17.9 Å². The van der Waals surface area contributed by atoms with Crippen molar-refractivity contribution >= 4 is 0 Å². The summed E-state index contributed by atoms with van der Waals surface area (Å²) in [5.41, 5.74) is 1.00. The molecular formula is C19H21F3N2O. The third-order valence-corrected chi connectivity index (χ3v) is 4.48. The summed E-state index contributed by atoms with van der Waals surface area (Å²) in [6.07, 6.45) is -4.34. The molecule has 2 aromatic carbocycles. The molecule has 2 aromatic rings. The van der Waals surface area contributed by atoms with Gasteiger partial charge in [-0.05, 0) is 35.4 Å². The van der Waals surface area contributed by atoms with Gasteiger partial charge in [0.05, 0.1) is 18.7 Å². The molecule has 1 aliphatic rings. The zero-order valence-corrected chi connectivity index (χ0v) is 14.0. The summed E-state index contributed by atoms with van der Waals surface area (Å²) in [7, 11) is 1.59. The molecule has 0 aliphatic carbocycles. The molecule has 0 amide bonds. The molecule has 0 spiro atoms. The molecule has 3 nitrogen and oxygen atoms in total. The van der Waals surface area contributed by atoms with Gasteiger partial charge in [0.2, 0.25) is 0 Å². The Morgan fingerprint density at radius 2 is 1.68 bits per heavy atom. The minimum Gasteiger partial charge on any atom is -0.497 e. The van der Waals surface area contributed by atoms with Crippen LogP contribution in [-0.2, 0) is 6.18 Å². The van der Waals surface area contributed by atoms with Crippen molar-refractivity contribution in [2.24, 2.45) is 0 Å². The van der Waals surface area contributed by atoms with Gasteiger partial charge in [0, 0.05) is 26.2 Å². The van der Waals surface area contributed by atoms with Crippen molar-refractivity contribution in [1.82, 2.24) is 10.2 Å². The van der Waals surface area contributed by atoms with Crippen LogP contribution in [0, 0.1) is 0 Å². The molecule has 0 bridgehead atoms. The van der Waals surface area contributed by atoms with Gasteiger partial charge in [0.1, 0.15) is 5.75 Å². The lowest BCUT2D eigenvalue weighted by molar-refractivity contribution is -0.137. The van der Waals surface area contributed by atoms with Gasteiger partial charge >= 0.3 is 6.18 Å². The van der Waals surface area contributed by atoms with Gasteiger partial charge in [0.25, 0.3) is 0 Å². The summed E-state index contributed by atoms with van der Waals surface area (Å²) in [4.78, 5) is 2.22. The van der Waals surface area contributed by atoms with Crippen molar-refractivity contribution in [2.75, 3.05) is 33.3 Å². The fourth-order valence-corrected chi connectivity index (χ4v) is 3.23. The fraction of sp³-hybridized carbons (Fsp3) is 0.368. The van der Waals surface area contributed by atoms with Crippen LogP contribution in [0.2, 0.25) is 0 Å². The largest absolute Gasteiger partial charge is 0.497 e. The Balaban J connectivity index is 2.01. The van der Waals surface area contributed by atoms with Gasteiger partial charge in [-0.25, -0.2) is 0 Å². The van der Waals surface area contributed by atoms with Crippen LogP contribution in [0.15, 0.2) is 48.5 Å². The normalized spacial score (nSPS) is 17.3. The van der Waals surface area contributed by atoms with Gasteiger partial charge in [0.15, 0.2) is 0 Å². The Hall–Kier alpha value is -2.05. The second kappa shape index (κ2) is 7.45. The smallest absolute Gasteiger partial charge is 0.416 e. The molecule has 1 atom stereocenters. The first-order valence-corrected chi connectivity index (χ1v) is 8.25. The molecular weight excluding hydrogens is 329 g/mol. The van der Waals surface area contributed by atoms with Gasteiger partial charge in [-0.1, -0.05) is 24.3 Å². The molecule has 134 valence electrons. The Morgan fingerprint density at radius 1 is 1.00 bits per heavy atom. The van der Waals surface area contributed by atoms with Gasteiger partial charge in [-0.3, -0.25) is 4.90 Å². The Bertz CT molecular complexity index is 695. The number of methoxy groups -OCH3 is 1. The predicted molar refractivity (Wildman–Crippen MR) is 90.7 cm³/mol. The Labute approximate surface area is 145 Å². The molecule has 25 heavy (non-hydrogen) atoms. The van der Waals surface area contributed by atoms with E-state index in [9.17, 15) is 13.2 Å². The van der Waals surface area contributed by atoms with Crippen molar-refractivity contribution in [2.45, 2.75) is 12.2 Å². The van der Waals surface area contributed by atoms with Gasteiger partial charge in [-0.15, -0.1) is 0 Å². The number of nitrogens with zero attached hydrogens (tertiary/aromatic N) is 1. The average molecular weight is 350 g/mol. The standard InChI is InChI=1S/C19H21F3N2O/c1-25-17-7-5-14(6-8-17)18(24-11-9-23-10-12-24)15-3-2-4-16(13-15)19(20,21)22/h2-8,13,18,23H,9-12H2,1H3. The topological polar surface area (TPSA) is 24.5 Å². The second-order valence-electron chi connectivity index (χ2n) is 6.08. The van der Waals surface area contributed by atoms with Crippen LogP contribution in [0.1, 0.15) is 22.7 Å². The molecule has 0 saturated carbocycles. The van der Waals surface area contributed by atoms with E-state index >= 15 is 0 Å². The highest BCUT2D eigenvalue weighted by atomic mass is 19.4. The molecule has 3 rings (SSSR count). The number of piperazine rings is 1. The summed E-state index contributed by atoms with van der Waals surface area (Å²) >= 11 is 0. The first kappa shape index (κ1) is 17.8. The van der Waals surface area contributed by atoms with Crippen LogP contribution < -0.4 is 10.1 Å². The maximum absolute atomic E-state index is 13.1. The quantitative estimate of drug-likeness (QED) is 0.910. The molecule has 1 saturated heterocycles. The summed E-state index contributed by atoms with van der Waals surface area (Å²) < 4.78 is 44.6. The van der Waals surface area contributed by atoms with E-state index in [4.69, 9.17) is 4.74 Å². The number of hydrogen-bond donors (Lipinski definition) is 1. The number of hydrogen-bond acceptors (Lipinski definition) is 3. The lowest BCUT2D eigenvalue weighted by atomic mass is 9.95. The Morgan fingerprint density at radius 3 is 2.28 bits per heavy atom. The van der Waals surface area contributed by atoms with E-state index in [1.54, 1.807) is 13.2 Å². The molecule has 0 radical (unpaired) electrons. The lowest BCUT2D eigenvalue weighted by Crippen LogP contribution is -2.45. The molecule has 1 aliphatic heterocycles. The van der Waals surface area contributed by atoms with Crippen LogP contribution in [0.5, 0.6) is 5.75 Å². The van der Waals surface area contributed by atoms with Gasteiger partial charge < -0.3 is 10.1 Å². The number of benzene rings is 2. The van der Waals surface area contributed by atoms with Crippen LogP contribution in [-0.4, -0.2) is 38.2 Å². The lowest BCUT2D eigenvalue weighted by Gasteiger charge is -2.36. The van der Waals surface area contributed by atoms with E-state index in [1.165, 1.54) is 12.1 Å². The van der Waals surface area contributed by atoms with Crippen LogP contribution >= 0.6 is 0 Å². The third-order valence-electron chi connectivity index (χ3n) is 4.48. The number of halogens is 3. The molecule has 1 unspecified atom stereocenters. The first-order valence-electron chi connectivity index (χ1n) is 8.25. The molecule has 6 heteroatoms. The minimum atomic E-state index is -4.34. The first-order chi connectivity index (χ1) is 12.0. The predicted octanol–water partition coefficient (Wildman–Crippen LogP) is 3.71. The van der Waals surface area contributed by atoms with E-state index in [1.807, 2.05) is 24.3 Å². The minimum absolute atomic E-state index is 0.213. The van der Waals surface area contributed by atoms with E-state index in [2.05, 4.69) is 10.2 Å². The highest BCUT2D eigenvalue weighted by Gasteiger charge is 2.32. The SMILES string of the molecule is COc1ccc(C(c2cccc(C(F)(F)F)c2)N2CCNCC2)cc1. The molecule has 1 heterocycles. The number of nitrogens with one attached hydrogen (secondary N) is 1. The summed E-state index contributed by atoms with van der Waals surface area (Å²) in [6.45, 7) is 3.22. The van der Waals surface area contributed by atoms with E-state index in [-0.39, 0.29) is 6.04 Å². The number of rotatable bonds is 4. The van der Waals surface area contributed by atoms with E-state index in [0.29, 0.717) is 5.56 Å². The summed E-state index contributed by atoms with van der Waals surface area (Å²) in [5, 5.41) is 3.28. The van der Waals surface area contributed by atoms with Gasteiger partial charge in [-0.2, -0.15) is 13.2 Å². The van der Waals surface area contributed by atoms with Crippen LogP contribution in [0.4, 0.5) is 13.2 Å². The summed E-state index contributed by atoms with van der Waals surface area (Å²) in [5.74, 6) is 0.729. The van der Waals surface area contributed by atoms with Crippen molar-refractivity contribution in [3.05, 3.63) is 65.2 Å². The highest BCUT2D eigenvalue weighted by molar-refractivity contribution is 5.38. The summed E-state index contributed by atoms with van der Waals surface area (Å²) in [6, 6.07) is 13.0. The number of ether oxygens (including phenoxy) is 1. The molecule has 1 N–H and O–H groups in total. The second-order valence-corrected chi connectivity index (χ2v) is 6.08.